The highest BCUT2D eigenvalue weighted by molar-refractivity contribution is 7.91. The van der Waals surface area contributed by atoms with Gasteiger partial charge in [-0.25, -0.2) is 13.2 Å². The van der Waals surface area contributed by atoms with Crippen molar-refractivity contribution >= 4 is 21.5 Å². The zero-order valence-electron chi connectivity index (χ0n) is 18.8. The third-order valence-corrected chi connectivity index (χ3v) is 6.99. The SMILES string of the molecule is Cc1ccc(NS(=O)(=O)Cc2cc(C(F)(F)F)ccn2)cc1-c1cc2cnc(=O)nc-2n2c1NCC2. The van der Waals surface area contributed by atoms with E-state index in [1.54, 1.807) is 18.2 Å². The number of hydrogen-bond acceptors (Lipinski definition) is 7. The van der Waals surface area contributed by atoms with Crippen molar-refractivity contribution in [2.75, 3.05) is 16.6 Å². The maximum absolute atomic E-state index is 13.0. The van der Waals surface area contributed by atoms with E-state index in [1.807, 2.05) is 17.6 Å². The number of anilines is 2. The fourth-order valence-corrected chi connectivity index (χ4v) is 5.28. The highest BCUT2D eigenvalue weighted by Crippen LogP contribution is 2.39. The second kappa shape index (κ2) is 8.59. The van der Waals surface area contributed by atoms with Gasteiger partial charge in [0.05, 0.1) is 11.3 Å². The van der Waals surface area contributed by atoms with Gasteiger partial charge in [-0.2, -0.15) is 23.1 Å². The Balaban J connectivity index is 1.49. The topological polar surface area (TPSA) is 119 Å². The zero-order chi connectivity index (χ0) is 25.7. The molecule has 0 radical (unpaired) electrons. The predicted molar refractivity (Wildman–Crippen MR) is 127 cm³/mol. The molecule has 0 bridgehead atoms. The van der Waals surface area contributed by atoms with Crippen molar-refractivity contribution in [2.24, 2.45) is 0 Å². The lowest BCUT2D eigenvalue weighted by Gasteiger charge is -2.18. The molecule has 3 aliphatic heterocycles. The summed E-state index contributed by atoms with van der Waals surface area (Å²) in [5.41, 5.74) is 1.45. The molecule has 36 heavy (non-hydrogen) atoms. The van der Waals surface area contributed by atoms with Crippen molar-refractivity contribution in [2.45, 2.75) is 25.4 Å². The number of fused-ring (bicyclic) bond motifs is 3. The van der Waals surface area contributed by atoms with E-state index >= 15 is 0 Å². The Morgan fingerprint density at radius 3 is 2.69 bits per heavy atom. The number of alkyl halides is 3. The molecule has 0 unspecified atom stereocenters. The third-order valence-electron chi connectivity index (χ3n) is 5.77. The normalized spacial score (nSPS) is 13.4. The first-order valence-corrected chi connectivity index (χ1v) is 12.4. The number of halogens is 3. The van der Waals surface area contributed by atoms with E-state index < -0.39 is 33.2 Å². The van der Waals surface area contributed by atoms with E-state index in [1.165, 1.54) is 6.20 Å². The van der Waals surface area contributed by atoms with Gasteiger partial charge < -0.3 is 9.88 Å². The van der Waals surface area contributed by atoms with Crippen LogP contribution in [0.1, 0.15) is 16.8 Å². The molecular formula is C23H19F3N6O3S. The second-order valence-electron chi connectivity index (χ2n) is 8.34. The van der Waals surface area contributed by atoms with Crippen LogP contribution in [0.25, 0.3) is 22.5 Å². The molecule has 1 aromatic heterocycles. The number of nitrogens with one attached hydrogen (secondary N) is 2. The van der Waals surface area contributed by atoms with Crippen LogP contribution in [0, 0.1) is 6.92 Å². The number of rotatable bonds is 5. The van der Waals surface area contributed by atoms with Crippen LogP contribution in [0.2, 0.25) is 0 Å². The van der Waals surface area contributed by atoms with Crippen LogP contribution in [0.3, 0.4) is 0 Å². The van der Waals surface area contributed by atoms with Gasteiger partial charge in [0.25, 0.3) is 0 Å². The number of aromatic nitrogens is 4. The van der Waals surface area contributed by atoms with Gasteiger partial charge in [-0.1, -0.05) is 6.07 Å². The minimum absolute atomic E-state index is 0.227. The van der Waals surface area contributed by atoms with Crippen molar-refractivity contribution in [1.29, 1.82) is 0 Å². The van der Waals surface area contributed by atoms with Crippen LogP contribution in [0.5, 0.6) is 0 Å². The summed E-state index contributed by atoms with van der Waals surface area (Å²) in [6.07, 6.45) is -2.22. The Morgan fingerprint density at radius 2 is 1.92 bits per heavy atom. The lowest BCUT2D eigenvalue weighted by molar-refractivity contribution is -0.137. The summed E-state index contributed by atoms with van der Waals surface area (Å²) in [4.78, 5) is 23.2. The van der Waals surface area contributed by atoms with Crippen molar-refractivity contribution in [3.05, 3.63) is 76.1 Å². The lowest BCUT2D eigenvalue weighted by Crippen LogP contribution is -2.17. The number of nitrogens with zero attached hydrogens (tertiary/aromatic N) is 4. The van der Waals surface area contributed by atoms with Gasteiger partial charge >= 0.3 is 11.9 Å². The maximum Gasteiger partial charge on any atom is 0.416 e. The van der Waals surface area contributed by atoms with E-state index in [4.69, 9.17) is 0 Å². The maximum atomic E-state index is 13.0. The fraction of sp³-hybridized carbons (Fsp3) is 0.217. The summed E-state index contributed by atoms with van der Waals surface area (Å²) in [6, 6.07) is 8.29. The van der Waals surface area contributed by atoms with Gasteiger partial charge in [-0.3, -0.25) is 9.71 Å². The summed E-state index contributed by atoms with van der Waals surface area (Å²) in [7, 11) is -4.07. The van der Waals surface area contributed by atoms with Gasteiger partial charge in [0.1, 0.15) is 17.4 Å². The molecule has 0 amide bonds. The molecule has 2 N–H and O–H groups in total. The van der Waals surface area contributed by atoms with Gasteiger partial charge in [0.2, 0.25) is 10.0 Å². The average molecular weight is 517 g/mol. The summed E-state index contributed by atoms with van der Waals surface area (Å²) in [6.45, 7) is 3.08. The highest BCUT2D eigenvalue weighted by Gasteiger charge is 2.31. The highest BCUT2D eigenvalue weighted by atomic mass is 32.2. The molecule has 2 aromatic rings. The predicted octanol–water partition coefficient (Wildman–Crippen LogP) is 3.50. The fourth-order valence-electron chi connectivity index (χ4n) is 4.18. The number of hydrogen-bond donors (Lipinski definition) is 2. The Bertz CT molecular complexity index is 1620. The summed E-state index contributed by atoms with van der Waals surface area (Å²) >= 11 is 0. The third kappa shape index (κ3) is 4.61. The van der Waals surface area contributed by atoms with E-state index in [0.717, 1.165) is 40.8 Å². The van der Waals surface area contributed by atoms with Crippen LogP contribution < -0.4 is 15.7 Å². The minimum atomic E-state index is -4.60. The molecule has 1 aromatic carbocycles. The van der Waals surface area contributed by atoms with Crippen LogP contribution in [0.15, 0.2) is 53.6 Å². The van der Waals surface area contributed by atoms with Crippen molar-refractivity contribution in [3.63, 3.8) is 0 Å². The van der Waals surface area contributed by atoms with E-state index in [-0.39, 0.29) is 11.4 Å². The molecule has 0 atom stereocenters. The molecule has 5 rings (SSSR count). The lowest BCUT2D eigenvalue weighted by atomic mass is 9.98. The van der Waals surface area contributed by atoms with Crippen LogP contribution in [0.4, 0.5) is 24.7 Å². The molecule has 0 fully saturated rings. The summed E-state index contributed by atoms with van der Waals surface area (Å²) in [5.74, 6) is 0.510. The van der Waals surface area contributed by atoms with Crippen molar-refractivity contribution < 1.29 is 21.6 Å². The van der Waals surface area contributed by atoms with Crippen molar-refractivity contribution in [1.82, 2.24) is 19.5 Å². The summed E-state index contributed by atoms with van der Waals surface area (Å²) in [5, 5.41) is 3.29. The van der Waals surface area contributed by atoms with Gasteiger partial charge in [0.15, 0.2) is 0 Å². The molecule has 0 spiro atoms. The first kappa shape index (κ1) is 23.7. The van der Waals surface area contributed by atoms with Gasteiger partial charge in [-0.15, -0.1) is 0 Å². The molecule has 0 aliphatic carbocycles. The smallest absolute Gasteiger partial charge is 0.369 e. The second-order valence-corrected chi connectivity index (χ2v) is 10.1. The van der Waals surface area contributed by atoms with Crippen LogP contribution >= 0.6 is 0 Å². The molecule has 3 aliphatic rings. The average Bonchev–Trinajstić information content (AvgIpc) is 3.30. The molecule has 0 saturated carbocycles. The largest absolute Gasteiger partial charge is 0.416 e. The minimum Gasteiger partial charge on any atom is -0.369 e. The monoisotopic (exact) mass is 516 g/mol. The van der Waals surface area contributed by atoms with Gasteiger partial charge in [0, 0.05) is 42.3 Å². The zero-order valence-corrected chi connectivity index (χ0v) is 19.6. The Kier molecular flexibility index (Phi) is 5.66. The standard InChI is InChI=1S/C23H19F3N6O3S/c1-13-2-3-16(31-36(34,35)12-17-9-15(4-5-27-17)23(24,25)26)10-18(13)19-8-14-11-29-22(33)30-20(14)32-7-6-28-21(19)32/h2-5,8-11,28,31H,6-7,12H2,1H3. The Morgan fingerprint density at radius 1 is 1.11 bits per heavy atom. The molecule has 4 heterocycles. The van der Waals surface area contributed by atoms with Crippen LogP contribution in [-0.2, 0) is 28.5 Å². The first-order chi connectivity index (χ1) is 17.0. The molecule has 0 saturated heterocycles. The Labute approximate surface area is 203 Å². The molecule has 9 nitrogen and oxygen atoms in total. The Hall–Kier alpha value is -4.00. The quantitative estimate of drug-likeness (QED) is 0.417. The number of benzene rings is 1. The van der Waals surface area contributed by atoms with Gasteiger partial charge in [-0.05, 0) is 48.4 Å². The molecule has 186 valence electrons. The van der Waals surface area contributed by atoms with Crippen LogP contribution in [-0.4, -0.2) is 34.5 Å². The number of aryl methyl sites for hydroxylation is 1. The van der Waals surface area contributed by atoms with E-state index in [2.05, 4.69) is 25.0 Å². The first-order valence-electron chi connectivity index (χ1n) is 10.8. The van der Waals surface area contributed by atoms with Crippen molar-refractivity contribution in [3.8, 4) is 22.5 Å². The van der Waals surface area contributed by atoms with E-state index in [9.17, 15) is 26.4 Å². The number of sulfonamides is 1. The van der Waals surface area contributed by atoms with E-state index in [0.29, 0.717) is 24.5 Å². The molecular weight excluding hydrogens is 497 g/mol. The molecule has 13 heteroatoms. The number of pyridine rings is 2. The summed E-state index contributed by atoms with van der Waals surface area (Å²) < 4.78 is 68.8.